The van der Waals surface area contributed by atoms with E-state index in [0.717, 1.165) is 6.54 Å². The highest BCUT2D eigenvalue weighted by Gasteiger charge is 2.22. The van der Waals surface area contributed by atoms with Crippen molar-refractivity contribution in [3.63, 3.8) is 0 Å². The first-order valence-corrected chi connectivity index (χ1v) is 5.52. The summed E-state index contributed by atoms with van der Waals surface area (Å²) in [6, 6.07) is 0.247. The van der Waals surface area contributed by atoms with Crippen molar-refractivity contribution in [2.24, 2.45) is 0 Å². The van der Waals surface area contributed by atoms with Gasteiger partial charge in [-0.2, -0.15) is 15.0 Å². The van der Waals surface area contributed by atoms with Crippen LogP contribution >= 0.6 is 11.6 Å². The second kappa shape index (κ2) is 4.80. The summed E-state index contributed by atoms with van der Waals surface area (Å²) in [5.74, 6) is 1.08. The molecule has 1 N–H and O–H groups in total. The third-order valence-electron chi connectivity index (χ3n) is 2.44. The van der Waals surface area contributed by atoms with Gasteiger partial charge in [-0.3, -0.25) is 0 Å². The van der Waals surface area contributed by atoms with Crippen LogP contribution in [-0.4, -0.2) is 47.8 Å². The van der Waals surface area contributed by atoms with Crippen LogP contribution in [-0.2, 0) is 4.74 Å². The van der Waals surface area contributed by atoms with Crippen LogP contribution < -0.4 is 10.2 Å². The number of halogens is 1. The molecular weight excluding hydrogens is 230 g/mol. The number of morpholine rings is 1. The molecule has 16 heavy (non-hydrogen) atoms. The van der Waals surface area contributed by atoms with E-state index >= 15 is 0 Å². The molecule has 1 saturated heterocycles. The molecule has 1 fully saturated rings. The average Bonchev–Trinajstić information content (AvgIpc) is 2.28. The van der Waals surface area contributed by atoms with Crippen molar-refractivity contribution >= 4 is 23.5 Å². The number of anilines is 2. The second-order valence-corrected chi connectivity index (χ2v) is 3.93. The van der Waals surface area contributed by atoms with Gasteiger partial charge in [0.25, 0.3) is 0 Å². The summed E-state index contributed by atoms with van der Waals surface area (Å²) in [7, 11) is 1.75. The van der Waals surface area contributed by atoms with Gasteiger partial charge in [-0.1, -0.05) is 0 Å². The lowest BCUT2D eigenvalue weighted by Crippen LogP contribution is -2.44. The first-order valence-electron chi connectivity index (χ1n) is 5.14. The number of hydrogen-bond acceptors (Lipinski definition) is 6. The Hall–Kier alpha value is -1.14. The van der Waals surface area contributed by atoms with E-state index in [1.807, 2.05) is 0 Å². The zero-order valence-electron chi connectivity index (χ0n) is 9.27. The Morgan fingerprint density at radius 3 is 2.94 bits per heavy atom. The summed E-state index contributed by atoms with van der Waals surface area (Å²) in [6.07, 6.45) is 0. The molecule has 1 unspecified atom stereocenters. The Kier molecular flexibility index (Phi) is 3.40. The van der Waals surface area contributed by atoms with Gasteiger partial charge in [0.15, 0.2) is 0 Å². The van der Waals surface area contributed by atoms with Crippen molar-refractivity contribution in [2.45, 2.75) is 13.0 Å². The predicted octanol–water partition coefficient (Wildman–Crippen LogP) is 0.792. The molecule has 0 saturated carbocycles. The van der Waals surface area contributed by atoms with Crippen molar-refractivity contribution in [3.05, 3.63) is 5.28 Å². The lowest BCUT2D eigenvalue weighted by atomic mass is 10.3. The minimum atomic E-state index is 0.202. The smallest absolute Gasteiger partial charge is 0.231 e. The van der Waals surface area contributed by atoms with E-state index in [1.54, 1.807) is 7.05 Å². The maximum Gasteiger partial charge on any atom is 0.231 e. The molecule has 0 bridgehead atoms. The summed E-state index contributed by atoms with van der Waals surface area (Å²) < 4.78 is 5.36. The minimum absolute atomic E-state index is 0.202. The van der Waals surface area contributed by atoms with Crippen molar-refractivity contribution < 1.29 is 4.74 Å². The van der Waals surface area contributed by atoms with Gasteiger partial charge in [-0.05, 0) is 18.5 Å². The summed E-state index contributed by atoms with van der Waals surface area (Å²) in [5, 5.41) is 3.06. The zero-order chi connectivity index (χ0) is 11.5. The maximum atomic E-state index is 5.84. The predicted molar refractivity (Wildman–Crippen MR) is 62.0 cm³/mol. The molecule has 6 nitrogen and oxygen atoms in total. The molecule has 2 rings (SSSR count). The van der Waals surface area contributed by atoms with Gasteiger partial charge in [0.05, 0.1) is 19.3 Å². The molecule has 7 heteroatoms. The minimum Gasteiger partial charge on any atom is -0.377 e. The van der Waals surface area contributed by atoms with Crippen LogP contribution in [0.15, 0.2) is 0 Å². The number of ether oxygens (including phenoxy) is 1. The monoisotopic (exact) mass is 243 g/mol. The quantitative estimate of drug-likeness (QED) is 0.829. The first-order chi connectivity index (χ1) is 7.70. The van der Waals surface area contributed by atoms with Gasteiger partial charge < -0.3 is 15.0 Å². The lowest BCUT2D eigenvalue weighted by Gasteiger charge is -2.33. The fourth-order valence-corrected chi connectivity index (χ4v) is 1.76. The number of nitrogens with one attached hydrogen (secondary N) is 1. The molecule has 1 aliphatic rings. The molecule has 1 aliphatic heterocycles. The van der Waals surface area contributed by atoms with E-state index < -0.39 is 0 Å². The van der Waals surface area contributed by atoms with Crippen LogP contribution in [0.3, 0.4) is 0 Å². The zero-order valence-corrected chi connectivity index (χ0v) is 10.0. The van der Waals surface area contributed by atoms with Gasteiger partial charge >= 0.3 is 0 Å². The number of nitrogens with zero attached hydrogens (tertiary/aromatic N) is 4. The Labute approximate surface area is 99.0 Å². The molecule has 88 valence electrons. The normalized spacial score (nSPS) is 20.9. The van der Waals surface area contributed by atoms with Gasteiger partial charge in [0.1, 0.15) is 0 Å². The molecule has 0 amide bonds. The number of rotatable bonds is 2. The van der Waals surface area contributed by atoms with Crippen molar-refractivity contribution in [2.75, 3.05) is 37.0 Å². The first kappa shape index (κ1) is 11.3. The summed E-state index contributed by atoms with van der Waals surface area (Å²) in [6.45, 7) is 4.20. The lowest BCUT2D eigenvalue weighted by molar-refractivity contribution is 0.0981. The molecule has 1 aromatic rings. The highest BCUT2D eigenvalue weighted by atomic mass is 35.5. The SMILES string of the molecule is CNc1nc(Cl)nc(N2CCOCC2C)n1. The molecule has 0 aromatic carbocycles. The largest absolute Gasteiger partial charge is 0.377 e. The van der Waals surface area contributed by atoms with Crippen molar-refractivity contribution in [1.82, 2.24) is 15.0 Å². The third-order valence-corrected chi connectivity index (χ3v) is 2.61. The topological polar surface area (TPSA) is 63.2 Å². The van der Waals surface area contributed by atoms with E-state index in [1.165, 1.54) is 0 Å². The van der Waals surface area contributed by atoms with Gasteiger partial charge in [-0.25, -0.2) is 0 Å². The maximum absolute atomic E-state index is 5.84. The van der Waals surface area contributed by atoms with Crippen LogP contribution in [0.5, 0.6) is 0 Å². The van der Waals surface area contributed by atoms with E-state index in [9.17, 15) is 0 Å². The number of aromatic nitrogens is 3. The molecular formula is C9H14ClN5O. The van der Waals surface area contributed by atoms with E-state index in [0.29, 0.717) is 25.1 Å². The summed E-state index contributed by atoms with van der Waals surface area (Å²) in [4.78, 5) is 14.4. The fraction of sp³-hybridized carbons (Fsp3) is 0.667. The molecule has 1 atom stereocenters. The standard InChI is InChI=1S/C9H14ClN5O/c1-6-5-16-4-3-15(6)9-13-7(10)12-8(11-2)14-9/h6H,3-5H2,1-2H3,(H,11,12,13,14). The summed E-state index contributed by atoms with van der Waals surface area (Å²) >= 11 is 5.84. The van der Waals surface area contributed by atoms with Crippen LogP contribution in [0.2, 0.25) is 5.28 Å². The molecule has 0 spiro atoms. The van der Waals surface area contributed by atoms with Gasteiger partial charge in [0, 0.05) is 13.6 Å². The molecule has 1 aromatic heterocycles. The van der Waals surface area contributed by atoms with Gasteiger partial charge in [-0.15, -0.1) is 0 Å². The number of hydrogen-bond donors (Lipinski definition) is 1. The second-order valence-electron chi connectivity index (χ2n) is 3.60. The summed E-state index contributed by atoms with van der Waals surface area (Å²) in [5.41, 5.74) is 0. The average molecular weight is 244 g/mol. The van der Waals surface area contributed by atoms with Gasteiger partial charge in [0.2, 0.25) is 17.2 Å². The van der Waals surface area contributed by atoms with E-state index in [2.05, 4.69) is 32.1 Å². The Morgan fingerprint density at radius 2 is 2.25 bits per heavy atom. The van der Waals surface area contributed by atoms with Crippen molar-refractivity contribution in [3.8, 4) is 0 Å². The van der Waals surface area contributed by atoms with E-state index in [4.69, 9.17) is 16.3 Å². The Morgan fingerprint density at radius 1 is 1.44 bits per heavy atom. The van der Waals surface area contributed by atoms with Crippen LogP contribution in [0, 0.1) is 0 Å². The Balaban J connectivity index is 2.27. The fourth-order valence-electron chi connectivity index (χ4n) is 1.60. The van der Waals surface area contributed by atoms with E-state index in [-0.39, 0.29) is 11.3 Å². The van der Waals surface area contributed by atoms with Crippen LogP contribution in [0.4, 0.5) is 11.9 Å². The molecule has 0 radical (unpaired) electrons. The van der Waals surface area contributed by atoms with Crippen molar-refractivity contribution in [1.29, 1.82) is 0 Å². The highest BCUT2D eigenvalue weighted by Crippen LogP contribution is 2.17. The Bertz CT molecular complexity index is 375. The third kappa shape index (κ3) is 2.33. The van der Waals surface area contributed by atoms with Crippen LogP contribution in [0.1, 0.15) is 6.92 Å². The molecule has 2 heterocycles. The highest BCUT2D eigenvalue weighted by molar-refractivity contribution is 6.28. The van der Waals surface area contributed by atoms with Crippen LogP contribution in [0.25, 0.3) is 0 Å². The molecule has 0 aliphatic carbocycles.